The maximum absolute atomic E-state index is 9.01. The number of nitrogens with two attached hydrogens (primary N) is 1. The van der Waals surface area contributed by atoms with E-state index in [0.717, 1.165) is 33.3 Å². The lowest BCUT2D eigenvalue weighted by Crippen LogP contribution is -2.02. The molecule has 1 atom stereocenters. The summed E-state index contributed by atoms with van der Waals surface area (Å²) < 4.78 is 1.59. The minimum Gasteiger partial charge on any atom is -0.383 e. The SMILES string of the molecule is Cc1ccncc1-c1cc2cc(Nc3cnn([C@@H](C)C#N)c3)ncc2c(N)n1. The van der Waals surface area contributed by atoms with Crippen molar-refractivity contribution in [2.45, 2.75) is 19.9 Å². The molecule has 4 heterocycles. The summed E-state index contributed by atoms with van der Waals surface area (Å²) in [5, 5.41) is 18.1. The van der Waals surface area contributed by atoms with Crippen LogP contribution in [0.25, 0.3) is 22.0 Å². The number of fused-ring (bicyclic) bond motifs is 1. The van der Waals surface area contributed by atoms with Gasteiger partial charge in [-0.05, 0) is 43.0 Å². The molecule has 0 aliphatic heterocycles. The van der Waals surface area contributed by atoms with Gasteiger partial charge in [-0.2, -0.15) is 10.4 Å². The molecule has 4 aromatic rings. The second-order valence-electron chi connectivity index (χ2n) is 6.51. The molecule has 0 saturated carbocycles. The molecule has 0 saturated heterocycles. The van der Waals surface area contributed by atoms with Crippen LogP contribution in [0.1, 0.15) is 18.5 Å². The Hall–Kier alpha value is -3.99. The van der Waals surface area contributed by atoms with E-state index in [4.69, 9.17) is 11.0 Å². The van der Waals surface area contributed by atoms with Crippen LogP contribution in [0.4, 0.5) is 17.3 Å². The monoisotopic (exact) mass is 370 g/mol. The number of hydrogen-bond donors (Lipinski definition) is 2. The van der Waals surface area contributed by atoms with Gasteiger partial charge in [0.2, 0.25) is 0 Å². The highest BCUT2D eigenvalue weighted by Crippen LogP contribution is 2.29. The van der Waals surface area contributed by atoms with Gasteiger partial charge in [-0.15, -0.1) is 0 Å². The summed E-state index contributed by atoms with van der Waals surface area (Å²) in [5.74, 6) is 1.07. The molecule has 8 nitrogen and oxygen atoms in total. The summed E-state index contributed by atoms with van der Waals surface area (Å²) in [6, 6.07) is 7.64. The van der Waals surface area contributed by atoms with Crippen molar-refractivity contribution >= 4 is 28.1 Å². The van der Waals surface area contributed by atoms with Crippen LogP contribution in [0.3, 0.4) is 0 Å². The standard InChI is InChI=1S/C20H18N8/c1-12-3-4-23-9-16(12)18-5-14-6-19(24-10-17(14)20(22)27-18)26-15-8-25-28(11-15)13(2)7-21/h3-6,8-11,13H,1-2H3,(H2,22,27)(H,24,26)/t13-/m0/s1. The number of aromatic nitrogens is 5. The third-order valence-corrected chi connectivity index (χ3v) is 4.52. The van der Waals surface area contributed by atoms with Crippen molar-refractivity contribution in [2.24, 2.45) is 0 Å². The first kappa shape index (κ1) is 17.4. The number of anilines is 3. The maximum atomic E-state index is 9.01. The Bertz CT molecular complexity index is 1200. The lowest BCUT2D eigenvalue weighted by atomic mass is 10.1. The molecule has 0 aliphatic rings. The molecule has 0 radical (unpaired) electrons. The van der Waals surface area contributed by atoms with Gasteiger partial charge in [0, 0.05) is 35.7 Å². The minimum atomic E-state index is -0.337. The van der Waals surface area contributed by atoms with Crippen LogP contribution in [-0.2, 0) is 0 Å². The first-order valence-corrected chi connectivity index (χ1v) is 8.73. The molecule has 3 N–H and O–H groups in total. The van der Waals surface area contributed by atoms with Gasteiger partial charge in [-0.1, -0.05) is 0 Å². The highest BCUT2D eigenvalue weighted by atomic mass is 15.3. The molecule has 0 aliphatic carbocycles. The molecule has 0 unspecified atom stereocenters. The Morgan fingerprint density at radius 2 is 2.11 bits per heavy atom. The Kier molecular flexibility index (Phi) is 4.33. The van der Waals surface area contributed by atoms with Crippen LogP contribution in [0, 0.1) is 18.3 Å². The van der Waals surface area contributed by atoms with Crippen molar-refractivity contribution in [1.29, 1.82) is 5.26 Å². The fourth-order valence-electron chi connectivity index (χ4n) is 2.93. The Labute approximate surface area is 161 Å². The Morgan fingerprint density at radius 3 is 2.89 bits per heavy atom. The smallest absolute Gasteiger partial charge is 0.135 e. The predicted molar refractivity (Wildman–Crippen MR) is 108 cm³/mol. The van der Waals surface area contributed by atoms with E-state index in [-0.39, 0.29) is 6.04 Å². The van der Waals surface area contributed by atoms with E-state index in [9.17, 15) is 0 Å². The second-order valence-corrected chi connectivity index (χ2v) is 6.51. The number of pyridine rings is 3. The van der Waals surface area contributed by atoms with Crippen molar-refractivity contribution in [1.82, 2.24) is 24.7 Å². The molecular formula is C20H18N8. The number of nitriles is 1. The molecule has 4 aromatic heterocycles. The highest BCUT2D eigenvalue weighted by Gasteiger charge is 2.10. The summed E-state index contributed by atoms with van der Waals surface area (Å²) in [6.45, 7) is 3.79. The molecule has 0 bridgehead atoms. The number of hydrogen-bond acceptors (Lipinski definition) is 7. The topological polar surface area (TPSA) is 118 Å². The van der Waals surface area contributed by atoms with E-state index in [0.29, 0.717) is 11.6 Å². The molecule has 0 amide bonds. The van der Waals surface area contributed by atoms with E-state index in [1.54, 1.807) is 42.6 Å². The van der Waals surface area contributed by atoms with E-state index in [1.165, 1.54) is 0 Å². The molecular weight excluding hydrogens is 352 g/mol. The van der Waals surface area contributed by atoms with Crippen molar-refractivity contribution in [3.05, 3.63) is 54.7 Å². The molecule has 4 rings (SSSR count). The second kappa shape index (κ2) is 6.96. The summed E-state index contributed by atoms with van der Waals surface area (Å²) in [4.78, 5) is 13.1. The van der Waals surface area contributed by atoms with Crippen molar-refractivity contribution in [3.63, 3.8) is 0 Å². The normalized spacial score (nSPS) is 11.9. The van der Waals surface area contributed by atoms with Gasteiger partial charge in [0.1, 0.15) is 17.7 Å². The summed E-state index contributed by atoms with van der Waals surface area (Å²) >= 11 is 0. The van der Waals surface area contributed by atoms with Crippen molar-refractivity contribution in [3.8, 4) is 17.3 Å². The maximum Gasteiger partial charge on any atom is 0.135 e. The third-order valence-electron chi connectivity index (χ3n) is 4.52. The average molecular weight is 370 g/mol. The molecule has 0 fully saturated rings. The van der Waals surface area contributed by atoms with Crippen LogP contribution >= 0.6 is 0 Å². The van der Waals surface area contributed by atoms with E-state index in [1.807, 2.05) is 25.1 Å². The largest absolute Gasteiger partial charge is 0.383 e. The zero-order valence-electron chi connectivity index (χ0n) is 15.5. The fraction of sp³-hybridized carbons (Fsp3) is 0.150. The third kappa shape index (κ3) is 3.21. The highest BCUT2D eigenvalue weighted by molar-refractivity contribution is 5.94. The number of nitrogen functional groups attached to an aromatic ring is 1. The summed E-state index contributed by atoms with van der Waals surface area (Å²) in [7, 11) is 0. The summed E-state index contributed by atoms with van der Waals surface area (Å²) in [5.41, 5.74) is 9.70. The summed E-state index contributed by atoms with van der Waals surface area (Å²) in [6.07, 6.45) is 8.66. The number of rotatable bonds is 4. The average Bonchev–Trinajstić information content (AvgIpc) is 3.16. The van der Waals surface area contributed by atoms with Gasteiger partial charge in [0.15, 0.2) is 0 Å². The van der Waals surface area contributed by atoms with E-state index in [2.05, 4.69) is 31.4 Å². The number of aryl methyl sites for hydroxylation is 1. The van der Waals surface area contributed by atoms with Gasteiger partial charge in [0.05, 0.1) is 23.6 Å². The predicted octanol–water partition coefficient (Wildman–Crippen LogP) is 3.61. The number of nitrogens with zero attached hydrogens (tertiary/aromatic N) is 6. The Morgan fingerprint density at radius 1 is 1.25 bits per heavy atom. The van der Waals surface area contributed by atoms with E-state index < -0.39 is 0 Å². The van der Waals surface area contributed by atoms with Gasteiger partial charge in [-0.25, -0.2) is 9.97 Å². The lowest BCUT2D eigenvalue weighted by molar-refractivity contribution is 0.591. The first-order chi connectivity index (χ1) is 13.5. The van der Waals surface area contributed by atoms with Crippen LogP contribution < -0.4 is 11.1 Å². The zero-order valence-corrected chi connectivity index (χ0v) is 15.5. The van der Waals surface area contributed by atoms with Crippen molar-refractivity contribution in [2.75, 3.05) is 11.1 Å². The van der Waals surface area contributed by atoms with Gasteiger partial charge in [-0.3, -0.25) is 9.67 Å². The quantitative estimate of drug-likeness (QED) is 0.563. The fourth-order valence-corrected chi connectivity index (χ4v) is 2.93. The molecule has 8 heteroatoms. The minimum absolute atomic E-state index is 0.337. The van der Waals surface area contributed by atoms with Crippen LogP contribution in [0.15, 0.2) is 49.2 Å². The van der Waals surface area contributed by atoms with E-state index >= 15 is 0 Å². The molecule has 138 valence electrons. The molecule has 28 heavy (non-hydrogen) atoms. The van der Waals surface area contributed by atoms with Gasteiger partial charge in [0.25, 0.3) is 0 Å². The van der Waals surface area contributed by atoms with Crippen LogP contribution in [0.2, 0.25) is 0 Å². The molecule has 0 aromatic carbocycles. The zero-order chi connectivity index (χ0) is 19.7. The van der Waals surface area contributed by atoms with Gasteiger partial charge >= 0.3 is 0 Å². The lowest BCUT2D eigenvalue weighted by Gasteiger charge is -2.10. The van der Waals surface area contributed by atoms with Gasteiger partial charge < -0.3 is 11.1 Å². The van der Waals surface area contributed by atoms with Crippen molar-refractivity contribution < 1.29 is 0 Å². The van der Waals surface area contributed by atoms with Crippen LogP contribution in [-0.4, -0.2) is 24.7 Å². The Balaban J connectivity index is 1.71. The molecule has 0 spiro atoms. The number of nitrogens with one attached hydrogen (secondary N) is 1. The van der Waals surface area contributed by atoms with Crippen LogP contribution in [0.5, 0.6) is 0 Å². The first-order valence-electron chi connectivity index (χ1n) is 8.73.